The van der Waals surface area contributed by atoms with Crippen molar-refractivity contribution < 1.29 is 14.3 Å². The molecule has 0 aliphatic heterocycles. The molecule has 0 saturated heterocycles. The van der Waals surface area contributed by atoms with Crippen LogP contribution in [0.3, 0.4) is 0 Å². The number of nitrogens with one attached hydrogen (secondary N) is 1. The summed E-state index contributed by atoms with van der Waals surface area (Å²) in [5, 5.41) is 4.29. The highest BCUT2D eigenvalue weighted by atomic mass is 16.5. The number of carbonyl (C=O) groups excluding carboxylic acids is 2. The standard InChI is InChI=1S/C25H33N3O3/c1-25(2,3)23(29)17-5-7-18(8-6-17)24(30)28(26)20-11-15-22(16-12-20)31-21-13-9-19(27-4)10-14-21/h9-18,27H,5-8,26H2,1-4H3. The summed E-state index contributed by atoms with van der Waals surface area (Å²) in [6.45, 7) is 5.87. The summed E-state index contributed by atoms with van der Waals surface area (Å²) in [7, 11) is 1.87. The molecule has 6 nitrogen and oxygen atoms in total. The summed E-state index contributed by atoms with van der Waals surface area (Å²) in [6.07, 6.45) is 2.89. The van der Waals surface area contributed by atoms with Crippen LogP contribution in [0.15, 0.2) is 48.5 Å². The monoisotopic (exact) mass is 423 g/mol. The first-order chi connectivity index (χ1) is 14.7. The molecule has 1 aliphatic rings. The van der Waals surface area contributed by atoms with Crippen LogP contribution in [-0.4, -0.2) is 18.7 Å². The Bertz CT molecular complexity index is 893. The number of anilines is 2. The summed E-state index contributed by atoms with van der Waals surface area (Å²) in [6, 6.07) is 14.8. The predicted molar refractivity (Wildman–Crippen MR) is 124 cm³/mol. The second kappa shape index (κ2) is 9.52. The molecule has 1 aliphatic carbocycles. The van der Waals surface area contributed by atoms with Crippen molar-refractivity contribution in [3.05, 3.63) is 48.5 Å². The molecule has 3 N–H and O–H groups in total. The summed E-state index contributed by atoms with van der Waals surface area (Å²) < 4.78 is 5.85. The van der Waals surface area contributed by atoms with Gasteiger partial charge in [-0.2, -0.15) is 0 Å². The maximum atomic E-state index is 12.9. The number of Topliss-reactive ketones (excluding diaryl/α,β-unsaturated/α-hetero) is 1. The zero-order valence-electron chi connectivity index (χ0n) is 18.9. The molecular weight excluding hydrogens is 390 g/mol. The molecule has 2 aromatic rings. The smallest absolute Gasteiger partial charge is 0.244 e. The molecule has 0 radical (unpaired) electrons. The number of nitrogens with zero attached hydrogens (tertiary/aromatic N) is 1. The molecule has 1 amide bonds. The van der Waals surface area contributed by atoms with Gasteiger partial charge in [-0.25, -0.2) is 10.9 Å². The van der Waals surface area contributed by atoms with Crippen LogP contribution in [0, 0.1) is 17.3 Å². The SMILES string of the molecule is CNc1ccc(Oc2ccc(N(N)C(=O)C3CCC(C(=O)C(C)(C)C)CC3)cc2)cc1. The van der Waals surface area contributed by atoms with E-state index in [2.05, 4.69) is 5.32 Å². The lowest BCUT2D eigenvalue weighted by molar-refractivity contribution is -0.133. The van der Waals surface area contributed by atoms with E-state index in [9.17, 15) is 9.59 Å². The van der Waals surface area contributed by atoms with Crippen molar-refractivity contribution in [2.24, 2.45) is 23.1 Å². The zero-order valence-corrected chi connectivity index (χ0v) is 18.9. The number of amides is 1. The largest absolute Gasteiger partial charge is 0.457 e. The second-order valence-electron chi connectivity index (χ2n) is 9.24. The number of hydrogen-bond acceptors (Lipinski definition) is 5. The van der Waals surface area contributed by atoms with Gasteiger partial charge in [-0.15, -0.1) is 0 Å². The van der Waals surface area contributed by atoms with E-state index in [-0.39, 0.29) is 23.2 Å². The first kappa shape index (κ1) is 22.8. The lowest BCUT2D eigenvalue weighted by Crippen LogP contribution is -2.43. The van der Waals surface area contributed by atoms with Crippen LogP contribution in [-0.2, 0) is 9.59 Å². The number of nitrogens with two attached hydrogens (primary N) is 1. The average Bonchev–Trinajstić information content (AvgIpc) is 2.78. The van der Waals surface area contributed by atoms with E-state index in [1.54, 1.807) is 24.3 Å². The summed E-state index contributed by atoms with van der Waals surface area (Å²) in [5.41, 5.74) is 1.30. The number of hydrazine groups is 1. The van der Waals surface area contributed by atoms with Gasteiger partial charge in [0, 0.05) is 30.0 Å². The Hall–Kier alpha value is -2.86. The Morgan fingerprint density at radius 3 is 1.87 bits per heavy atom. The van der Waals surface area contributed by atoms with E-state index in [0.717, 1.165) is 24.3 Å². The third kappa shape index (κ3) is 5.64. The molecule has 3 rings (SSSR count). The van der Waals surface area contributed by atoms with Crippen molar-refractivity contribution in [2.75, 3.05) is 17.4 Å². The Balaban J connectivity index is 1.56. The fourth-order valence-electron chi connectivity index (χ4n) is 4.04. The maximum Gasteiger partial charge on any atom is 0.244 e. The van der Waals surface area contributed by atoms with Crippen LogP contribution in [0.1, 0.15) is 46.5 Å². The van der Waals surface area contributed by atoms with Crippen molar-refractivity contribution in [1.29, 1.82) is 0 Å². The first-order valence-corrected chi connectivity index (χ1v) is 10.9. The molecule has 0 unspecified atom stereocenters. The minimum absolute atomic E-state index is 0.0499. The Morgan fingerprint density at radius 2 is 1.39 bits per heavy atom. The number of rotatable bonds is 6. The van der Waals surface area contributed by atoms with Gasteiger partial charge in [-0.05, 0) is 74.2 Å². The highest BCUT2D eigenvalue weighted by molar-refractivity contribution is 5.94. The molecule has 0 atom stereocenters. The summed E-state index contributed by atoms with van der Waals surface area (Å²) in [4.78, 5) is 25.4. The number of ketones is 1. The van der Waals surface area contributed by atoms with Crippen molar-refractivity contribution in [1.82, 2.24) is 0 Å². The first-order valence-electron chi connectivity index (χ1n) is 10.9. The van der Waals surface area contributed by atoms with Gasteiger partial charge in [-0.1, -0.05) is 20.8 Å². The Morgan fingerprint density at radius 1 is 0.903 bits per heavy atom. The summed E-state index contributed by atoms with van der Waals surface area (Å²) in [5.74, 6) is 7.64. The number of hydrogen-bond donors (Lipinski definition) is 2. The van der Waals surface area contributed by atoms with Crippen molar-refractivity contribution >= 4 is 23.1 Å². The minimum Gasteiger partial charge on any atom is -0.457 e. The van der Waals surface area contributed by atoms with E-state index in [1.807, 2.05) is 52.1 Å². The maximum absolute atomic E-state index is 12.9. The molecule has 0 spiro atoms. The minimum atomic E-state index is -0.333. The van der Waals surface area contributed by atoms with Crippen LogP contribution in [0.4, 0.5) is 11.4 Å². The molecule has 0 heterocycles. The fraction of sp³-hybridized carbons (Fsp3) is 0.440. The number of ether oxygens (including phenoxy) is 1. The molecular formula is C25H33N3O3. The van der Waals surface area contributed by atoms with Gasteiger partial charge >= 0.3 is 0 Å². The quantitative estimate of drug-likeness (QED) is 0.381. The molecule has 31 heavy (non-hydrogen) atoms. The van der Waals surface area contributed by atoms with Gasteiger partial charge in [0.1, 0.15) is 17.3 Å². The van der Waals surface area contributed by atoms with Gasteiger partial charge < -0.3 is 10.1 Å². The second-order valence-corrected chi connectivity index (χ2v) is 9.24. The van der Waals surface area contributed by atoms with Crippen molar-refractivity contribution in [3.8, 4) is 11.5 Å². The van der Waals surface area contributed by atoms with Crippen LogP contribution < -0.4 is 20.9 Å². The normalized spacial score (nSPS) is 18.9. The Kier molecular flexibility index (Phi) is 7.01. The topological polar surface area (TPSA) is 84.7 Å². The molecule has 2 aromatic carbocycles. The van der Waals surface area contributed by atoms with Gasteiger partial charge in [0.25, 0.3) is 0 Å². The number of carbonyl (C=O) groups is 2. The molecule has 0 bridgehead atoms. The van der Waals surface area contributed by atoms with Crippen LogP contribution >= 0.6 is 0 Å². The highest BCUT2D eigenvalue weighted by Crippen LogP contribution is 2.35. The molecule has 166 valence electrons. The lowest BCUT2D eigenvalue weighted by Gasteiger charge is -2.32. The predicted octanol–water partition coefficient (Wildman–Crippen LogP) is 5.15. The fourth-order valence-corrected chi connectivity index (χ4v) is 4.04. The summed E-state index contributed by atoms with van der Waals surface area (Å²) >= 11 is 0. The third-order valence-electron chi connectivity index (χ3n) is 5.92. The zero-order chi connectivity index (χ0) is 22.6. The van der Waals surface area contributed by atoms with E-state index in [1.165, 1.54) is 5.01 Å². The lowest BCUT2D eigenvalue weighted by atomic mass is 9.73. The number of benzene rings is 2. The molecule has 1 fully saturated rings. The molecule has 0 aromatic heterocycles. The van der Waals surface area contributed by atoms with Gasteiger partial charge in [0.05, 0.1) is 5.69 Å². The average molecular weight is 424 g/mol. The van der Waals surface area contributed by atoms with E-state index in [0.29, 0.717) is 30.1 Å². The van der Waals surface area contributed by atoms with Gasteiger partial charge in [0.2, 0.25) is 5.91 Å². The molecule has 6 heteroatoms. The van der Waals surface area contributed by atoms with E-state index in [4.69, 9.17) is 10.6 Å². The van der Waals surface area contributed by atoms with Crippen LogP contribution in [0.25, 0.3) is 0 Å². The van der Waals surface area contributed by atoms with Crippen LogP contribution in [0.5, 0.6) is 11.5 Å². The Labute approximate surface area is 184 Å². The van der Waals surface area contributed by atoms with Gasteiger partial charge in [0.15, 0.2) is 0 Å². The van der Waals surface area contributed by atoms with E-state index < -0.39 is 0 Å². The highest BCUT2D eigenvalue weighted by Gasteiger charge is 2.35. The van der Waals surface area contributed by atoms with Crippen LogP contribution in [0.2, 0.25) is 0 Å². The van der Waals surface area contributed by atoms with E-state index >= 15 is 0 Å². The van der Waals surface area contributed by atoms with Gasteiger partial charge in [-0.3, -0.25) is 9.59 Å². The molecule has 1 saturated carbocycles. The van der Waals surface area contributed by atoms with Crippen molar-refractivity contribution in [3.63, 3.8) is 0 Å². The third-order valence-corrected chi connectivity index (χ3v) is 5.92. The van der Waals surface area contributed by atoms with Crippen molar-refractivity contribution in [2.45, 2.75) is 46.5 Å².